The Morgan fingerprint density at radius 1 is 1.08 bits per heavy atom. The summed E-state index contributed by atoms with van der Waals surface area (Å²) in [6.07, 6.45) is 0. The molecule has 0 aliphatic carbocycles. The number of hydrogen-bond donors (Lipinski definition) is 0. The lowest BCUT2D eigenvalue weighted by atomic mass is 10.0. The Kier molecular flexibility index (Phi) is 5.58. The minimum Gasteiger partial charge on any atom is -0.353 e. The van der Waals surface area contributed by atoms with Gasteiger partial charge in [-0.2, -0.15) is 5.26 Å². The minimum absolute atomic E-state index is 0.576. The lowest BCUT2D eigenvalue weighted by Crippen LogP contribution is -2.46. The zero-order valence-electron chi connectivity index (χ0n) is 16.3. The quantitative estimate of drug-likeness (QED) is 0.837. The van der Waals surface area contributed by atoms with Gasteiger partial charge < -0.3 is 4.90 Å². The average Bonchev–Trinajstić information content (AvgIpc) is 2.62. The molecule has 26 heavy (non-hydrogen) atoms. The number of aryl methyl sites for hydroxylation is 2. The van der Waals surface area contributed by atoms with Crippen molar-refractivity contribution < 1.29 is 0 Å². The second-order valence-corrected chi connectivity index (χ2v) is 7.55. The minimum atomic E-state index is 0.576. The highest BCUT2D eigenvalue weighted by molar-refractivity contribution is 5.58. The molecule has 0 spiro atoms. The Morgan fingerprint density at radius 2 is 1.73 bits per heavy atom. The summed E-state index contributed by atoms with van der Waals surface area (Å²) in [4.78, 5) is 9.39. The van der Waals surface area contributed by atoms with Crippen molar-refractivity contribution in [3.8, 4) is 6.07 Å². The number of rotatable bonds is 4. The maximum Gasteiger partial charge on any atom is 0.147 e. The zero-order valence-corrected chi connectivity index (χ0v) is 16.3. The van der Waals surface area contributed by atoms with Crippen LogP contribution in [-0.4, -0.2) is 36.1 Å². The molecule has 0 unspecified atom stereocenters. The number of pyridine rings is 1. The van der Waals surface area contributed by atoms with Gasteiger partial charge in [0, 0.05) is 38.4 Å². The molecule has 0 bridgehead atoms. The molecule has 0 amide bonds. The van der Waals surface area contributed by atoms with Crippen LogP contribution < -0.4 is 4.90 Å². The lowest BCUT2D eigenvalue weighted by molar-refractivity contribution is 0.249. The summed E-state index contributed by atoms with van der Waals surface area (Å²) >= 11 is 0. The van der Waals surface area contributed by atoms with Crippen LogP contribution in [0.4, 0.5) is 5.82 Å². The van der Waals surface area contributed by atoms with Gasteiger partial charge in [-0.15, -0.1) is 0 Å². The van der Waals surface area contributed by atoms with Gasteiger partial charge in [-0.1, -0.05) is 38.1 Å². The third kappa shape index (κ3) is 4.05. The fourth-order valence-corrected chi connectivity index (χ4v) is 3.57. The van der Waals surface area contributed by atoms with E-state index in [9.17, 15) is 5.26 Å². The summed E-state index contributed by atoms with van der Waals surface area (Å²) in [5.41, 5.74) is 5.47. The van der Waals surface area contributed by atoms with Crippen LogP contribution in [-0.2, 0) is 6.54 Å². The molecule has 2 aromatic rings. The molecule has 1 fully saturated rings. The van der Waals surface area contributed by atoms with Crippen molar-refractivity contribution in [3.63, 3.8) is 0 Å². The summed E-state index contributed by atoms with van der Waals surface area (Å²) in [5.74, 6) is 1.43. The molecule has 1 aliphatic rings. The van der Waals surface area contributed by atoms with Crippen LogP contribution in [0.1, 0.15) is 47.7 Å². The highest BCUT2D eigenvalue weighted by Gasteiger charge is 2.21. The third-order valence-corrected chi connectivity index (χ3v) is 5.16. The molecule has 4 heteroatoms. The summed E-state index contributed by atoms with van der Waals surface area (Å²) in [6.45, 7) is 13.2. The Bertz CT molecular complexity index is 794. The molecule has 1 aromatic carbocycles. The molecule has 0 N–H and O–H groups in total. The molecule has 2 heterocycles. The number of nitrogens with zero attached hydrogens (tertiary/aromatic N) is 4. The molecule has 1 aromatic heterocycles. The predicted molar refractivity (Wildman–Crippen MR) is 106 cm³/mol. The summed E-state index contributed by atoms with van der Waals surface area (Å²) < 4.78 is 0. The van der Waals surface area contributed by atoms with Crippen molar-refractivity contribution in [3.05, 3.63) is 58.3 Å². The van der Waals surface area contributed by atoms with E-state index in [1.165, 1.54) is 11.1 Å². The first kappa shape index (κ1) is 18.4. The molecule has 0 saturated carbocycles. The predicted octanol–water partition coefficient (Wildman–Crippen LogP) is 4.02. The van der Waals surface area contributed by atoms with E-state index in [0.717, 1.165) is 49.8 Å². The van der Waals surface area contributed by atoms with E-state index < -0.39 is 0 Å². The fourth-order valence-electron chi connectivity index (χ4n) is 3.57. The number of piperazine rings is 1. The molecule has 1 saturated heterocycles. The number of benzene rings is 1. The second kappa shape index (κ2) is 7.88. The SMILES string of the molecule is Cc1cc(C)c(C#N)c(N2CCN(Cc3ccc(C(C)C)cc3)CC2)n1. The second-order valence-electron chi connectivity index (χ2n) is 7.55. The van der Waals surface area contributed by atoms with Crippen LogP contribution in [0.25, 0.3) is 0 Å². The van der Waals surface area contributed by atoms with E-state index in [0.29, 0.717) is 11.5 Å². The summed E-state index contributed by atoms with van der Waals surface area (Å²) in [6, 6.07) is 13.3. The smallest absolute Gasteiger partial charge is 0.147 e. The zero-order chi connectivity index (χ0) is 18.7. The number of nitriles is 1. The van der Waals surface area contributed by atoms with Gasteiger partial charge in [0.2, 0.25) is 0 Å². The van der Waals surface area contributed by atoms with Gasteiger partial charge in [-0.05, 0) is 42.5 Å². The first-order chi connectivity index (χ1) is 12.5. The van der Waals surface area contributed by atoms with Crippen molar-refractivity contribution in [1.82, 2.24) is 9.88 Å². The van der Waals surface area contributed by atoms with E-state index in [1.807, 2.05) is 19.9 Å². The summed E-state index contributed by atoms with van der Waals surface area (Å²) in [5, 5.41) is 9.50. The number of anilines is 1. The molecule has 1 aliphatic heterocycles. The van der Waals surface area contributed by atoms with Gasteiger partial charge >= 0.3 is 0 Å². The maximum absolute atomic E-state index is 9.50. The first-order valence-electron chi connectivity index (χ1n) is 9.42. The first-order valence-corrected chi connectivity index (χ1v) is 9.42. The molecular weight excluding hydrogens is 320 g/mol. The van der Waals surface area contributed by atoms with Gasteiger partial charge in [0.25, 0.3) is 0 Å². The van der Waals surface area contributed by atoms with Gasteiger partial charge in [0.15, 0.2) is 0 Å². The Hall–Kier alpha value is -2.38. The Labute approximate surface area is 157 Å². The standard InChI is InChI=1S/C22H28N4/c1-16(2)20-7-5-19(6-8-20)15-25-9-11-26(12-10-25)22-21(14-23)17(3)13-18(4)24-22/h5-8,13,16H,9-12,15H2,1-4H3. The van der Waals surface area contributed by atoms with Gasteiger partial charge in [-0.25, -0.2) is 4.98 Å². The highest BCUT2D eigenvalue weighted by Crippen LogP contribution is 2.23. The van der Waals surface area contributed by atoms with Crippen molar-refractivity contribution in [2.45, 2.75) is 40.2 Å². The van der Waals surface area contributed by atoms with Gasteiger partial charge in [0.1, 0.15) is 11.9 Å². The molecule has 4 nitrogen and oxygen atoms in total. The highest BCUT2D eigenvalue weighted by atomic mass is 15.3. The van der Waals surface area contributed by atoms with E-state index in [1.54, 1.807) is 0 Å². The van der Waals surface area contributed by atoms with Crippen LogP contribution >= 0.6 is 0 Å². The third-order valence-electron chi connectivity index (χ3n) is 5.16. The molecular formula is C22H28N4. The van der Waals surface area contributed by atoms with Crippen LogP contribution in [0.15, 0.2) is 30.3 Å². The van der Waals surface area contributed by atoms with E-state index >= 15 is 0 Å². The Morgan fingerprint density at radius 3 is 2.31 bits per heavy atom. The molecule has 0 radical (unpaired) electrons. The average molecular weight is 348 g/mol. The Balaban J connectivity index is 1.64. The fraction of sp³-hybridized carbons (Fsp3) is 0.455. The van der Waals surface area contributed by atoms with Crippen molar-refractivity contribution in [2.75, 3.05) is 31.1 Å². The van der Waals surface area contributed by atoms with Crippen molar-refractivity contribution in [2.24, 2.45) is 0 Å². The molecule has 0 atom stereocenters. The largest absolute Gasteiger partial charge is 0.353 e. The van der Waals surface area contributed by atoms with Gasteiger partial charge in [-0.3, -0.25) is 4.90 Å². The van der Waals surface area contributed by atoms with Crippen LogP contribution in [0.5, 0.6) is 0 Å². The van der Waals surface area contributed by atoms with Crippen LogP contribution in [0.2, 0.25) is 0 Å². The monoisotopic (exact) mass is 348 g/mol. The molecule has 136 valence electrons. The van der Waals surface area contributed by atoms with Crippen molar-refractivity contribution >= 4 is 5.82 Å². The lowest BCUT2D eigenvalue weighted by Gasteiger charge is -2.36. The molecule has 3 rings (SSSR count). The van der Waals surface area contributed by atoms with E-state index in [-0.39, 0.29) is 0 Å². The van der Waals surface area contributed by atoms with Crippen molar-refractivity contribution in [1.29, 1.82) is 5.26 Å². The number of hydrogen-bond acceptors (Lipinski definition) is 4. The van der Waals surface area contributed by atoms with E-state index in [4.69, 9.17) is 0 Å². The van der Waals surface area contributed by atoms with Crippen LogP contribution in [0, 0.1) is 25.2 Å². The topological polar surface area (TPSA) is 43.2 Å². The number of aromatic nitrogens is 1. The summed E-state index contributed by atoms with van der Waals surface area (Å²) in [7, 11) is 0. The van der Waals surface area contributed by atoms with Gasteiger partial charge in [0.05, 0.1) is 5.56 Å². The normalized spacial score (nSPS) is 15.3. The maximum atomic E-state index is 9.50. The van der Waals surface area contributed by atoms with E-state index in [2.05, 4.69) is 59.0 Å². The van der Waals surface area contributed by atoms with Crippen LogP contribution in [0.3, 0.4) is 0 Å².